The summed E-state index contributed by atoms with van der Waals surface area (Å²) in [6, 6.07) is 13.3. The van der Waals surface area contributed by atoms with Gasteiger partial charge in [0.05, 0.1) is 5.69 Å². The molecule has 8 nitrogen and oxygen atoms in total. The van der Waals surface area contributed by atoms with Crippen molar-refractivity contribution < 1.29 is 29.0 Å². The van der Waals surface area contributed by atoms with Gasteiger partial charge >= 0.3 is 12.0 Å². The number of carboxylic acid groups (broad SMARTS) is 1. The summed E-state index contributed by atoms with van der Waals surface area (Å²) in [5.41, 5.74) is 2.29. The van der Waals surface area contributed by atoms with Crippen LogP contribution in [0.15, 0.2) is 54.1 Å². The molecule has 8 heteroatoms. The first-order chi connectivity index (χ1) is 18.2. The van der Waals surface area contributed by atoms with Crippen LogP contribution >= 0.6 is 0 Å². The zero-order chi connectivity index (χ0) is 26.6. The van der Waals surface area contributed by atoms with E-state index in [1.54, 1.807) is 24.3 Å². The number of hydrogen-bond acceptors (Lipinski definition) is 5. The van der Waals surface area contributed by atoms with Gasteiger partial charge in [-0.3, -0.25) is 14.9 Å². The van der Waals surface area contributed by atoms with Crippen LogP contribution in [0, 0.1) is 17.8 Å². The number of rotatable bonds is 6. The SMILES string of the molecule is C[C@@H](Oc1ccc(/C=C2\C(=O)NC(=O)N(c3ccc(C45CC6CC(CC(C6)C4)C5)cc3)C2=O)cc1)C(=O)O. The number of imide groups is 2. The molecule has 0 radical (unpaired) electrons. The summed E-state index contributed by atoms with van der Waals surface area (Å²) in [6.07, 6.45) is 8.15. The Balaban J connectivity index is 1.22. The van der Waals surface area contributed by atoms with Crippen molar-refractivity contribution in [3.05, 3.63) is 65.2 Å². The van der Waals surface area contributed by atoms with E-state index in [0.29, 0.717) is 17.0 Å². The van der Waals surface area contributed by atoms with Crippen LogP contribution < -0.4 is 15.0 Å². The maximum Gasteiger partial charge on any atom is 0.344 e. The number of benzene rings is 2. The number of hydrogen-bond donors (Lipinski definition) is 2. The van der Waals surface area contributed by atoms with Gasteiger partial charge in [0, 0.05) is 0 Å². The smallest absolute Gasteiger partial charge is 0.344 e. The van der Waals surface area contributed by atoms with Gasteiger partial charge in [-0.25, -0.2) is 14.5 Å². The molecule has 1 aliphatic heterocycles. The minimum absolute atomic E-state index is 0.165. The van der Waals surface area contributed by atoms with Crippen molar-refractivity contribution in [2.24, 2.45) is 17.8 Å². The molecule has 7 rings (SSSR count). The Labute approximate surface area is 220 Å². The average molecular weight is 515 g/mol. The number of amides is 4. The summed E-state index contributed by atoms with van der Waals surface area (Å²) >= 11 is 0. The van der Waals surface area contributed by atoms with Gasteiger partial charge in [0.1, 0.15) is 11.3 Å². The summed E-state index contributed by atoms with van der Waals surface area (Å²) in [5, 5.41) is 11.3. The molecule has 1 heterocycles. The maximum absolute atomic E-state index is 13.3. The van der Waals surface area contributed by atoms with Crippen LogP contribution in [0.3, 0.4) is 0 Å². The molecule has 5 aliphatic rings. The zero-order valence-corrected chi connectivity index (χ0v) is 21.2. The highest BCUT2D eigenvalue weighted by Crippen LogP contribution is 2.60. The molecule has 4 aliphatic carbocycles. The zero-order valence-electron chi connectivity index (χ0n) is 21.2. The molecule has 2 N–H and O–H groups in total. The molecular formula is C30H30N2O6. The average Bonchev–Trinajstić information content (AvgIpc) is 2.87. The molecule has 4 saturated carbocycles. The Morgan fingerprint density at radius 2 is 1.55 bits per heavy atom. The second-order valence-corrected chi connectivity index (χ2v) is 11.4. The van der Waals surface area contributed by atoms with Gasteiger partial charge in [-0.15, -0.1) is 0 Å². The lowest BCUT2D eigenvalue weighted by molar-refractivity contribution is -0.144. The molecule has 0 aromatic heterocycles. The highest BCUT2D eigenvalue weighted by atomic mass is 16.5. The summed E-state index contributed by atoms with van der Waals surface area (Å²) in [6.45, 7) is 1.42. The first-order valence-electron chi connectivity index (χ1n) is 13.2. The quantitative estimate of drug-likeness (QED) is 0.428. The number of barbiturate groups is 1. The summed E-state index contributed by atoms with van der Waals surface area (Å²) in [5.74, 6) is 0.247. The minimum Gasteiger partial charge on any atom is -0.479 e. The predicted molar refractivity (Wildman–Crippen MR) is 139 cm³/mol. The van der Waals surface area contributed by atoms with Crippen molar-refractivity contribution in [3.8, 4) is 5.75 Å². The van der Waals surface area contributed by atoms with Gasteiger partial charge in [0.15, 0.2) is 6.10 Å². The van der Waals surface area contributed by atoms with Gasteiger partial charge in [-0.05, 0) is 110 Å². The molecule has 0 unspecified atom stereocenters. The second-order valence-electron chi connectivity index (χ2n) is 11.4. The number of carboxylic acids is 1. The van der Waals surface area contributed by atoms with E-state index in [1.165, 1.54) is 57.1 Å². The van der Waals surface area contributed by atoms with Crippen molar-refractivity contribution in [1.29, 1.82) is 0 Å². The van der Waals surface area contributed by atoms with Crippen LogP contribution in [0.4, 0.5) is 10.5 Å². The van der Waals surface area contributed by atoms with Crippen molar-refractivity contribution in [2.45, 2.75) is 57.0 Å². The highest BCUT2D eigenvalue weighted by Gasteiger charge is 2.51. The number of carbonyl (C=O) groups excluding carboxylic acids is 3. The lowest BCUT2D eigenvalue weighted by Gasteiger charge is -2.57. The number of nitrogens with one attached hydrogen (secondary N) is 1. The fraction of sp³-hybridized carbons (Fsp3) is 0.400. The fourth-order valence-corrected chi connectivity index (χ4v) is 7.38. The minimum atomic E-state index is -1.09. The summed E-state index contributed by atoms with van der Waals surface area (Å²) in [7, 11) is 0. The molecule has 4 amide bonds. The monoisotopic (exact) mass is 514 g/mol. The number of nitrogens with zero attached hydrogens (tertiary/aromatic N) is 1. The van der Waals surface area contributed by atoms with Gasteiger partial charge in [-0.2, -0.15) is 0 Å². The first-order valence-corrected chi connectivity index (χ1v) is 13.2. The van der Waals surface area contributed by atoms with Gasteiger partial charge in [0.2, 0.25) is 0 Å². The molecule has 2 aromatic rings. The third-order valence-electron chi connectivity index (χ3n) is 8.73. The van der Waals surface area contributed by atoms with E-state index in [-0.39, 0.29) is 11.0 Å². The summed E-state index contributed by atoms with van der Waals surface area (Å²) in [4.78, 5) is 50.6. The topological polar surface area (TPSA) is 113 Å². The molecule has 1 atom stereocenters. The molecule has 38 heavy (non-hydrogen) atoms. The van der Waals surface area contributed by atoms with E-state index in [4.69, 9.17) is 9.84 Å². The lowest BCUT2D eigenvalue weighted by Crippen LogP contribution is -2.54. The van der Waals surface area contributed by atoms with Crippen molar-refractivity contribution in [1.82, 2.24) is 5.32 Å². The Morgan fingerprint density at radius 3 is 2.11 bits per heavy atom. The number of ether oxygens (including phenoxy) is 1. The van der Waals surface area contributed by atoms with Crippen LogP contribution in [-0.2, 0) is 19.8 Å². The second kappa shape index (κ2) is 9.11. The number of anilines is 1. The van der Waals surface area contributed by atoms with Crippen LogP contribution in [0.1, 0.15) is 56.6 Å². The normalized spacial score (nSPS) is 29.9. The Bertz CT molecular complexity index is 1310. The molecule has 5 fully saturated rings. The van der Waals surface area contributed by atoms with Gasteiger partial charge in [0.25, 0.3) is 11.8 Å². The van der Waals surface area contributed by atoms with Crippen LogP contribution in [0.25, 0.3) is 6.08 Å². The van der Waals surface area contributed by atoms with E-state index in [1.807, 2.05) is 12.1 Å². The Hall–Kier alpha value is -3.94. The molecular weight excluding hydrogens is 484 g/mol. The number of carbonyl (C=O) groups is 4. The van der Waals surface area contributed by atoms with Crippen molar-refractivity contribution in [2.75, 3.05) is 4.90 Å². The summed E-state index contributed by atoms with van der Waals surface area (Å²) < 4.78 is 5.32. The van der Waals surface area contributed by atoms with E-state index >= 15 is 0 Å². The largest absolute Gasteiger partial charge is 0.479 e. The Kier molecular flexibility index (Phi) is 5.85. The molecule has 4 bridgehead atoms. The lowest BCUT2D eigenvalue weighted by atomic mass is 9.48. The molecule has 2 aromatic carbocycles. The van der Waals surface area contributed by atoms with E-state index in [0.717, 1.165) is 22.7 Å². The number of aliphatic carboxylic acids is 1. The third-order valence-corrected chi connectivity index (χ3v) is 8.73. The van der Waals surface area contributed by atoms with Crippen LogP contribution in [0.5, 0.6) is 5.75 Å². The van der Waals surface area contributed by atoms with Crippen LogP contribution in [0.2, 0.25) is 0 Å². The van der Waals surface area contributed by atoms with Gasteiger partial charge < -0.3 is 9.84 Å². The van der Waals surface area contributed by atoms with Crippen molar-refractivity contribution >= 4 is 35.6 Å². The fourth-order valence-electron chi connectivity index (χ4n) is 7.38. The molecule has 1 saturated heterocycles. The van der Waals surface area contributed by atoms with E-state index in [9.17, 15) is 19.2 Å². The molecule has 196 valence electrons. The van der Waals surface area contributed by atoms with Crippen molar-refractivity contribution in [3.63, 3.8) is 0 Å². The Morgan fingerprint density at radius 1 is 0.974 bits per heavy atom. The predicted octanol–water partition coefficient (Wildman–Crippen LogP) is 4.67. The standard InChI is InChI=1S/C30H30N2O6/c1-17(28(35)36)38-24-8-2-18(3-9-24)13-25-26(33)31-29(37)32(27(25)34)23-6-4-22(5-7-23)30-14-19-10-20(15-30)12-21(11-19)16-30/h2-9,13,17,19-21H,10-12,14-16H2,1H3,(H,35,36)(H,31,33,37)/b25-13+/t17-,19?,20?,21?,30?/m1/s1. The van der Waals surface area contributed by atoms with E-state index in [2.05, 4.69) is 17.4 Å². The van der Waals surface area contributed by atoms with Crippen LogP contribution in [-0.4, -0.2) is 35.0 Å². The first kappa shape index (κ1) is 24.4. The highest BCUT2D eigenvalue weighted by molar-refractivity contribution is 6.39. The molecule has 0 spiro atoms. The van der Waals surface area contributed by atoms with E-state index < -0.39 is 29.9 Å². The number of urea groups is 1. The van der Waals surface area contributed by atoms with Gasteiger partial charge in [-0.1, -0.05) is 24.3 Å². The maximum atomic E-state index is 13.3. The third kappa shape index (κ3) is 4.27.